The van der Waals surface area contributed by atoms with Crippen molar-refractivity contribution in [2.24, 2.45) is 0 Å². The van der Waals surface area contributed by atoms with Gasteiger partial charge in [-0.1, -0.05) is 19.9 Å². The number of anilines is 1. The molecule has 7 heteroatoms. The molecule has 2 heterocycles. The topological polar surface area (TPSA) is 74.3 Å². The van der Waals surface area contributed by atoms with Gasteiger partial charge >= 0.3 is 0 Å². The highest BCUT2D eigenvalue weighted by Gasteiger charge is 2.14. The molecule has 3 aromatic rings. The normalized spacial score (nSPS) is 11.2. The molecule has 3 rings (SSSR count). The van der Waals surface area contributed by atoms with Gasteiger partial charge in [-0.15, -0.1) is 11.3 Å². The summed E-state index contributed by atoms with van der Waals surface area (Å²) in [6.07, 6.45) is 2.36. The maximum absolute atomic E-state index is 13.2. The Labute approximate surface area is 162 Å². The molecule has 2 aromatic heterocycles. The Hall–Kier alpha value is -2.51. The third kappa shape index (κ3) is 4.09. The minimum atomic E-state index is -0.0230. The van der Waals surface area contributed by atoms with E-state index in [0.717, 1.165) is 42.1 Å². The van der Waals surface area contributed by atoms with Crippen LogP contribution in [0.15, 0.2) is 35.3 Å². The Bertz CT molecular complexity index is 998. The van der Waals surface area contributed by atoms with Crippen LogP contribution in [-0.2, 0) is 11.3 Å². The van der Waals surface area contributed by atoms with Gasteiger partial charge in [0.2, 0.25) is 6.41 Å². The minimum absolute atomic E-state index is 0.0230. The molecule has 1 amide bonds. The molecule has 0 bridgehead atoms. The molecule has 0 aliphatic rings. The average molecular weight is 385 g/mol. The summed E-state index contributed by atoms with van der Waals surface area (Å²) < 4.78 is 0.869. The fourth-order valence-electron chi connectivity index (χ4n) is 3.17. The zero-order valence-corrected chi connectivity index (χ0v) is 16.4. The summed E-state index contributed by atoms with van der Waals surface area (Å²) in [6.45, 7) is 8.34. The summed E-state index contributed by atoms with van der Waals surface area (Å²) in [5.41, 5.74) is 1.73. The van der Waals surface area contributed by atoms with Crippen molar-refractivity contribution in [3.63, 3.8) is 0 Å². The maximum atomic E-state index is 13.2. The van der Waals surface area contributed by atoms with Gasteiger partial charge in [0, 0.05) is 36.2 Å². The standard InChI is InChI=1S/C20H24N4O2S/c1-3-24(4-2)11-10-22-16-8-7-14(12-21-13-25)19-17(16)18(26)15-6-5-9-23-20(15)27-19/h5-9,13,22H,3-4,10-12H2,1-2H3,(H,21,25). The van der Waals surface area contributed by atoms with Crippen LogP contribution in [0.4, 0.5) is 5.69 Å². The van der Waals surface area contributed by atoms with Crippen LogP contribution >= 0.6 is 11.3 Å². The van der Waals surface area contributed by atoms with E-state index in [1.165, 1.54) is 11.3 Å². The first kappa shape index (κ1) is 19.3. The first-order valence-corrected chi connectivity index (χ1v) is 9.97. The summed E-state index contributed by atoms with van der Waals surface area (Å²) in [7, 11) is 0. The van der Waals surface area contributed by atoms with Crippen molar-refractivity contribution >= 4 is 43.7 Å². The Morgan fingerprint density at radius 2 is 2.04 bits per heavy atom. The number of likely N-dealkylation sites (N-methyl/N-ethyl adjacent to an activating group) is 1. The smallest absolute Gasteiger partial charge is 0.207 e. The lowest BCUT2D eigenvalue weighted by Gasteiger charge is -2.19. The number of aromatic nitrogens is 1. The fraction of sp³-hybridized carbons (Fsp3) is 0.350. The van der Waals surface area contributed by atoms with Crippen molar-refractivity contribution in [1.82, 2.24) is 15.2 Å². The second kappa shape index (κ2) is 8.92. The second-order valence-corrected chi connectivity index (χ2v) is 7.22. The fourth-order valence-corrected chi connectivity index (χ4v) is 4.32. The molecule has 0 atom stereocenters. The number of benzene rings is 1. The lowest BCUT2D eigenvalue weighted by atomic mass is 10.1. The van der Waals surface area contributed by atoms with Gasteiger partial charge in [-0.2, -0.15) is 0 Å². The first-order chi connectivity index (χ1) is 13.2. The van der Waals surface area contributed by atoms with Gasteiger partial charge in [0.25, 0.3) is 0 Å². The molecule has 0 aliphatic heterocycles. The first-order valence-electron chi connectivity index (χ1n) is 9.16. The van der Waals surface area contributed by atoms with E-state index in [9.17, 15) is 9.59 Å². The number of nitrogens with zero attached hydrogens (tertiary/aromatic N) is 2. The quantitative estimate of drug-likeness (QED) is 0.438. The highest BCUT2D eigenvalue weighted by Crippen LogP contribution is 2.31. The number of nitrogens with one attached hydrogen (secondary N) is 2. The SMILES string of the molecule is CCN(CC)CCNc1ccc(CNC=O)c2sc3ncccc3c(=O)c12. The number of amides is 1. The van der Waals surface area contributed by atoms with Crippen LogP contribution in [0.1, 0.15) is 19.4 Å². The van der Waals surface area contributed by atoms with E-state index < -0.39 is 0 Å². The van der Waals surface area contributed by atoms with Crippen LogP contribution < -0.4 is 16.1 Å². The van der Waals surface area contributed by atoms with E-state index in [4.69, 9.17) is 0 Å². The van der Waals surface area contributed by atoms with E-state index in [1.807, 2.05) is 18.2 Å². The number of hydrogen-bond donors (Lipinski definition) is 2. The number of carbonyl (C=O) groups is 1. The average Bonchev–Trinajstić information content (AvgIpc) is 2.70. The lowest BCUT2D eigenvalue weighted by molar-refractivity contribution is -0.109. The largest absolute Gasteiger partial charge is 0.383 e. The number of hydrogen-bond acceptors (Lipinski definition) is 6. The van der Waals surface area contributed by atoms with Gasteiger partial charge in [0.15, 0.2) is 5.43 Å². The second-order valence-electron chi connectivity index (χ2n) is 6.22. The van der Waals surface area contributed by atoms with Crippen molar-refractivity contribution < 1.29 is 4.79 Å². The zero-order chi connectivity index (χ0) is 19.2. The van der Waals surface area contributed by atoms with Crippen molar-refractivity contribution in [2.75, 3.05) is 31.5 Å². The predicted octanol–water partition coefficient (Wildman–Crippen LogP) is 2.81. The molecule has 1 aromatic carbocycles. The van der Waals surface area contributed by atoms with Crippen molar-refractivity contribution in [2.45, 2.75) is 20.4 Å². The van der Waals surface area contributed by atoms with Crippen molar-refractivity contribution in [3.05, 3.63) is 46.2 Å². The third-order valence-corrected chi connectivity index (χ3v) is 5.88. The predicted molar refractivity (Wildman–Crippen MR) is 113 cm³/mol. The highest BCUT2D eigenvalue weighted by atomic mass is 32.1. The maximum Gasteiger partial charge on any atom is 0.207 e. The molecule has 6 nitrogen and oxygen atoms in total. The van der Waals surface area contributed by atoms with Gasteiger partial charge in [0.1, 0.15) is 4.83 Å². The molecule has 0 saturated heterocycles. The minimum Gasteiger partial charge on any atom is -0.383 e. The van der Waals surface area contributed by atoms with Crippen LogP contribution in [0, 0.1) is 0 Å². The van der Waals surface area contributed by atoms with Crippen LogP contribution in [0.3, 0.4) is 0 Å². The molecule has 0 fully saturated rings. The van der Waals surface area contributed by atoms with E-state index in [2.05, 4.69) is 34.4 Å². The van der Waals surface area contributed by atoms with Crippen molar-refractivity contribution in [1.29, 1.82) is 0 Å². The highest BCUT2D eigenvalue weighted by molar-refractivity contribution is 7.24. The van der Waals surface area contributed by atoms with E-state index in [-0.39, 0.29) is 5.43 Å². The summed E-state index contributed by atoms with van der Waals surface area (Å²) in [4.78, 5) is 31.3. The van der Waals surface area contributed by atoms with E-state index >= 15 is 0 Å². The molecule has 27 heavy (non-hydrogen) atoms. The Morgan fingerprint density at radius 3 is 2.78 bits per heavy atom. The van der Waals surface area contributed by atoms with Gasteiger partial charge < -0.3 is 15.5 Å². The third-order valence-electron chi connectivity index (χ3n) is 4.69. The van der Waals surface area contributed by atoms with E-state index in [1.54, 1.807) is 12.3 Å². The Morgan fingerprint density at radius 1 is 1.22 bits per heavy atom. The van der Waals surface area contributed by atoms with Crippen LogP contribution in [0.2, 0.25) is 0 Å². The van der Waals surface area contributed by atoms with Gasteiger partial charge in [0.05, 0.1) is 10.8 Å². The van der Waals surface area contributed by atoms with Crippen molar-refractivity contribution in [3.8, 4) is 0 Å². The molecule has 2 N–H and O–H groups in total. The van der Waals surface area contributed by atoms with Crippen LogP contribution in [-0.4, -0.2) is 42.5 Å². The van der Waals surface area contributed by atoms with Crippen LogP contribution in [0.25, 0.3) is 20.3 Å². The van der Waals surface area contributed by atoms with Gasteiger partial charge in [-0.3, -0.25) is 9.59 Å². The van der Waals surface area contributed by atoms with Gasteiger partial charge in [-0.25, -0.2) is 4.98 Å². The number of pyridine rings is 1. The molecule has 0 unspecified atom stereocenters. The molecule has 0 saturated carbocycles. The molecule has 0 radical (unpaired) electrons. The van der Waals surface area contributed by atoms with Gasteiger partial charge in [-0.05, 0) is 36.9 Å². The molecule has 142 valence electrons. The number of fused-ring (bicyclic) bond motifs is 2. The monoisotopic (exact) mass is 384 g/mol. The summed E-state index contributed by atoms with van der Waals surface area (Å²) in [6, 6.07) is 7.50. The number of carbonyl (C=O) groups excluding carboxylic acids is 1. The summed E-state index contributed by atoms with van der Waals surface area (Å²) in [5, 5.41) is 7.42. The lowest BCUT2D eigenvalue weighted by Crippen LogP contribution is -2.28. The Kier molecular flexibility index (Phi) is 6.36. The molecular formula is C20H24N4O2S. The van der Waals surface area contributed by atoms with Crippen LogP contribution in [0.5, 0.6) is 0 Å². The summed E-state index contributed by atoms with van der Waals surface area (Å²) >= 11 is 1.49. The summed E-state index contributed by atoms with van der Waals surface area (Å²) in [5.74, 6) is 0. The molecule has 0 spiro atoms. The Balaban J connectivity index is 2.07. The molecular weight excluding hydrogens is 360 g/mol. The number of rotatable bonds is 9. The van der Waals surface area contributed by atoms with E-state index in [0.29, 0.717) is 28.6 Å². The molecule has 0 aliphatic carbocycles. The zero-order valence-electron chi connectivity index (χ0n) is 15.6.